The summed E-state index contributed by atoms with van der Waals surface area (Å²) in [4.78, 5) is 11.2. The van der Waals surface area contributed by atoms with Gasteiger partial charge >= 0.3 is 0 Å². The fourth-order valence-corrected chi connectivity index (χ4v) is 1.24. The van der Waals surface area contributed by atoms with Crippen molar-refractivity contribution in [2.45, 2.75) is 13.3 Å². The molecule has 0 radical (unpaired) electrons. The zero-order valence-corrected chi connectivity index (χ0v) is 8.03. The van der Waals surface area contributed by atoms with E-state index in [9.17, 15) is 4.79 Å². The molecule has 0 fully saturated rings. The molecule has 0 aliphatic heterocycles. The topological polar surface area (TPSA) is 52.9 Å². The summed E-state index contributed by atoms with van der Waals surface area (Å²) in [5, 5.41) is 10.4. The predicted molar refractivity (Wildman–Crippen MR) is 53.1 cm³/mol. The van der Waals surface area contributed by atoms with Gasteiger partial charge in [-0.1, -0.05) is 37.3 Å². The third-order valence-electron chi connectivity index (χ3n) is 2.01. The summed E-state index contributed by atoms with van der Waals surface area (Å²) in [6.07, 6.45) is 2.30. The number of hydrogen-bond acceptors (Lipinski definition) is 2. The number of benzene rings is 1. The molecule has 0 aliphatic rings. The van der Waals surface area contributed by atoms with Crippen molar-refractivity contribution in [2.24, 2.45) is 5.92 Å². The van der Waals surface area contributed by atoms with Crippen LogP contribution < -0.4 is 5.32 Å². The molecule has 72 valence electrons. The van der Waals surface area contributed by atoms with E-state index in [2.05, 4.69) is 5.32 Å². The van der Waals surface area contributed by atoms with Crippen LogP contribution >= 0.6 is 0 Å². The first-order valence-corrected chi connectivity index (χ1v) is 4.47. The maximum Gasteiger partial charge on any atom is 0.236 e. The third kappa shape index (κ3) is 2.91. The Kier molecular flexibility index (Phi) is 3.69. The second kappa shape index (κ2) is 5.03. The second-order valence-corrected chi connectivity index (χ2v) is 3.19. The summed E-state index contributed by atoms with van der Waals surface area (Å²) < 4.78 is 0. The lowest BCUT2D eigenvalue weighted by molar-refractivity contribution is -0.123. The molecule has 1 atom stereocenters. The summed E-state index contributed by atoms with van der Waals surface area (Å²) in [5.41, 5.74) is 1.10. The van der Waals surface area contributed by atoms with Gasteiger partial charge in [0.2, 0.25) is 5.91 Å². The standard InChI is InChI=1S/C11H12N2O/c1-9(11(14)13-8-12)7-10-5-3-2-4-6-10/h2-6,9H,7H2,1H3,(H,13,14). The number of rotatable bonds is 3. The van der Waals surface area contributed by atoms with Gasteiger partial charge in [-0.05, 0) is 12.0 Å². The molecule has 0 aromatic heterocycles. The van der Waals surface area contributed by atoms with Crippen LogP contribution in [-0.4, -0.2) is 5.91 Å². The van der Waals surface area contributed by atoms with Crippen molar-refractivity contribution in [3.63, 3.8) is 0 Å². The largest absolute Gasteiger partial charge is 0.274 e. The highest BCUT2D eigenvalue weighted by molar-refractivity contribution is 5.79. The fraction of sp³-hybridized carbons (Fsp3) is 0.273. The minimum Gasteiger partial charge on any atom is -0.274 e. The number of nitrogens with zero attached hydrogens (tertiary/aromatic N) is 1. The maximum atomic E-state index is 11.2. The van der Waals surface area contributed by atoms with Crippen LogP contribution in [0.5, 0.6) is 0 Å². The molecule has 0 heterocycles. The third-order valence-corrected chi connectivity index (χ3v) is 2.01. The lowest BCUT2D eigenvalue weighted by atomic mass is 10.0. The molecule has 1 unspecified atom stereocenters. The molecule has 1 aromatic rings. The Morgan fingerprint density at radius 3 is 2.71 bits per heavy atom. The predicted octanol–water partition coefficient (Wildman–Crippen LogP) is 1.46. The summed E-state index contributed by atoms with van der Waals surface area (Å²) >= 11 is 0. The van der Waals surface area contributed by atoms with E-state index in [0.29, 0.717) is 6.42 Å². The van der Waals surface area contributed by atoms with Crippen LogP contribution in [0.15, 0.2) is 30.3 Å². The van der Waals surface area contributed by atoms with Gasteiger partial charge in [-0.15, -0.1) is 0 Å². The first-order chi connectivity index (χ1) is 6.74. The molecular weight excluding hydrogens is 176 g/mol. The lowest BCUT2D eigenvalue weighted by Crippen LogP contribution is -2.26. The Hall–Kier alpha value is -1.82. The molecule has 0 spiro atoms. The van der Waals surface area contributed by atoms with Gasteiger partial charge in [0.1, 0.15) is 0 Å². The Labute approximate surface area is 83.4 Å². The minimum atomic E-state index is -0.226. The van der Waals surface area contributed by atoms with Crippen molar-refractivity contribution in [1.82, 2.24) is 5.32 Å². The van der Waals surface area contributed by atoms with Crippen LogP contribution in [0.4, 0.5) is 0 Å². The first-order valence-electron chi connectivity index (χ1n) is 4.47. The van der Waals surface area contributed by atoms with Crippen molar-refractivity contribution < 1.29 is 4.79 Å². The van der Waals surface area contributed by atoms with Crippen LogP contribution in [0.3, 0.4) is 0 Å². The van der Waals surface area contributed by atoms with Gasteiger partial charge in [-0.25, -0.2) is 0 Å². The highest BCUT2D eigenvalue weighted by Gasteiger charge is 2.12. The van der Waals surface area contributed by atoms with E-state index in [1.807, 2.05) is 30.3 Å². The van der Waals surface area contributed by atoms with Gasteiger partial charge in [0.05, 0.1) is 0 Å². The summed E-state index contributed by atoms with van der Waals surface area (Å²) in [6, 6.07) is 9.74. The van der Waals surface area contributed by atoms with Gasteiger partial charge < -0.3 is 0 Å². The number of nitrogens with one attached hydrogen (secondary N) is 1. The zero-order valence-electron chi connectivity index (χ0n) is 8.03. The monoisotopic (exact) mass is 188 g/mol. The molecule has 1 amide bonds. The second-order valence-electron chi connectivity index (χ2n) is 3.19. The molecule has 0 aliphatic carbocycles. The van der Waals surface area contributed by atoms with Gasteiger partial charge in [-0.2, -0.15) is 5.26 Å². The molecule has 1 aromatic carbocycles. The minimum absolute atomic E-state index is 0.169. The Balaban J connectivity index is 2.54. The van der Waals surface area contributed by atoms with Crippen molar-refractivity contribution in [3.8, 4) is 6.19 Å². The summed E-state index contributed by atoms with van der Waals surface area (Å²) in [5.74, 6) is -0.395. The van der Waals surface area contributed by atoms with Crippen molar-refractivity contribution in [2.75, 3.05) is 0 Å². The Morgan fingerprint density at radius 1 is 1.50 bits per heavy atom. The maximum absolute atomic E-state index is 11.2. The summed E-state index contributed by atoms with van der Waals surface area (Å²) in [6.45, 7) is 1.81. The normalized spacial score (nSPS) is 11.4. The number of nitriles is 1. The van der Waals surface area contributed by atoms with E-state index in [-0.39, 0.29) is 11.8 Å². The van der Waals surface area contributed by atoms with E-state index in [4.69, 9.17) is 5.26 Å². The molecule has 14 heavy (non-hydrogen) atoms. The molecular formula is C11H12N2O. The van der Waals surface area contributed by atoms with E-state index in [1.165, 1.54) is 0 Å². The van der Waals surface area contributed by atoms with Gasteiger partial charge in [0.25, 0.3) is 0 Å². The van der Waals surface area contributed by atoms with E-state index in [1.54, 1.807) is 13.1 Å². The number of carbonyl (C=O) groups excluding carboxylic acids is 1. The zero-order chi connectivity index (χ0) is 10.4. The SMILES string of the molecule is CC(Cc1ccccc1)C(=O)NC#N. The number of carbonyl (C=O) groups is 1. The smallest absolute Gasteiger partial charge is 0.236 e. The average Bonchev–Trinajstić information content (AvgIpc) is 2.19. The van der Waals surface area contributed by atoms with Crippen LogP contribution in [-0.2, 0) is 11.2 Å². The number of amides is 1. The highest BCUT2D eigenvalue weighted by Crippen LogP contribution is 2.07. The lowest BCUT2D eigenvalue weighted by Gasteiger charge is -2.07. The molecule has 3 nitrogen and oxygen atoms in total. The molecule has 0 saturated carbocycles. The molecule has 0 saturated heterocycles. The van der Waals surface area contributed by atoms with E-state index < -0.39 is 0 Å². The van der Waals surface area contributed by atoms with Crippen LogP contribution in [0, 0.1) is 17.4 Å². The van der Waals surface area contributed by atoms with Gasteiger partial charge in [0.15, 0.2) is 6.19 Å². The van der Waals surface area contributed by atoms with Crippen molar-refractivity contribution in [1.29, 1.82) is 5.26 Å². The van der Waals surface area contributed by atoms with E-state index >= 15 is 0 Å². The Bertz CT molecular complexity index is 340. The van der Waals surface area contributed by atoms with Crippen LogP contribution in [0.25, 0.3) is 0 Å². The van der Waals surface area contributed by atoms with Gasteiger partial charge in [0, 0.05) is 5.92 Å². The van der Waals surface area contributed by atoms with Crippen LogP contribution in [0.2, 0.25) is 0 Å². The van der Waals surface area contributed by atoms with Crippen LogP contribution in [0.1, 0.15) is 12.5 Å². The van der Waals surface area contributed by atoms with Gasteiger partial charge in [-0.3, -0.25) is 10.1 Å². The van der Waals surface area contributed by atoms with Crippen molar-refractivity contribution >= 4 is 5.91 Å². The van der Waals surface area contributed by atoms with E-state index in [0.717, 1.165) is 5.56 Å². The molecule has 1 N–H and O–H groups in total. The first kappa shape index (κ1) is 10.3. The Morgan fingerprint density at radius 2 is 2.14 bits per heavy atom. The number of hydrogen-bond donors (Lipinski definition) is 1. The molecule has 3 heteroatoms. The average molecular weight is 188 g/mol. The summed E-state index contributed by atoms with van der Waals surface area (Å²) in [7, 11) is 0. The highest BCUT2D eigenvalue weighted by atomic mass is 16.1. The molecule has 1 rings (SSSR count). The molecule has 0 bridgehead atoms. The fourth-order valence-electron chi connectivity index (χ4n) is 1.24. The van der Waals surface area contributed by atoms with Crippen molar-refractivity contribution in [3.05, 3.63) is 35.9 Å². The quantitative estimate of drug-likeness (QED) is 0.576.